The zero-order valence-electron chi connectivity index (χ0n) is 26.3. The van der Waals surface area contributed by atoms with Crippen molar-refractivity contribution >= 4 is 54.9 Å². The Balaban J connectivity index is 0.00000314. The summed E-state index contributed by atoms with van der Waals surface area (Å²) < 4.78 is 6.24. The molecule has 0 aliphatic carbocycles. The van der Waals surface area contributed by atoms with Crippen LogP contribution in [0.15, 0.2) is 109 Å². The van der Waals surface area contributed by atoms with E-state index >= 15 is 0 Å². The van der Waals surface area contributed by atoms with Gasteiger partial charge in [-0.05, 0) is 58.6 Å². The van der Waals surface area contributed by atoms with Gasteiger partial charge in [0, 0.05) is 34.4 Å². The zero-order valence-corrected chi connectivity index (χ0v) is 27.2. The van der Waals surface area contributed by atoms with Gasteiger partial charge in [-0.1, -0.05) is 81.7 Å². The Morgan fingerprint density at radius 2 is 0.833 bits per heavy atom. The van der Waals surface area contributed by atoms with Crippen LogP contribution in [-0.2, 0) is 38.2 Å². The van der Waals surface area contributed by atoms with Crippen molar-refractivity contribution in [3.05, 3.63) is 109 Å². The van der Waals surface area contributed by atoms with E-state index in [1.807, 2.05) is 33.3 Å². The van der Waals surface area contributed by atoms with Gasteiger partial charge < -0.3 is 9.97 Å². The van der Waals surface area contributed by atoms with Gasteiger partial charge in [0.25, 0.3) is 17.5 Å². The Morgan fingerprint density at radius 1 is 0.479 bits per heavy atom. The number of fused-ring (bicyclic) bond motifs is 21. The Labute approximate surface area is 285 Å². The normalized spacial score (nSPS) is 11.9. The van der Waals surface area contributed by atoms with E-state index in [0.717, 1.165) is 89.2 Å². The number of aromatic nitrogens is 8. The fourth-order valence-electron chi connectivity index (χ4n) is 7.22. The van der Waals surface area contributed by atoms with E-state index in [4.69, 9.17) is 24.9 Å². The van der Waals surface area contributed by atoms with Crippen LogP contribution in [0.25, 0.3) is 100 Å². The standard InChI is InChI=1S/C39H27N8.Cu/c1-45-34-24-14-6-8-16-26(24)36(45)43-38-28-18-10-11-19-29(28)39(47(38)3)44-37-27-17-9-7-15-25(27)35(46(37)2)42-33-31-21-23-13-5-4-12-22(23)20-30(31)32(40-33)41-34;/h4-21H,1-3H3;/q2*+1. The summed E-state index contributed by atoms with van der Waals surface area (Å²) in [5, 5.41) is 6.24. The zero-order chi connectivity index (χ0) is 31.4. The maximum Gasteiger partial charge on any atom is 1.00 e. The molecule has 5 aromatic carbocycles. The largest absolute Gasteiger partial charge is 1.00 e. The van der Waals surface area contributed by atoms with Crippen LogP contribution in [0.5, 0.6) is 0 Å². The minimum absolute atomic E-state index is 0. The molecule has 0 amide bonds. The summed E-state index contributed by atoms with van der Waals surface area (Å²) >= 11 is 0. The molecule has 0 N–H and O–H groups in total. The summed E-state index contributed by atoms with van der Waals surface area (Å²) in [6.07, 6.45) is 0. The van der Waals surface area contributed by atoms with Crippen LogP contribution in [0, 0.1) is 0 Å². The summed E-state index contributed by atoms with van der Waals surface area (Å²) in [5.74, 6) is 3.23. The van der Waals surface area contributed by atoms with Gasteiger partial charge in [-0.2, -0.15) is 0 Å². The minimum Gasteiger partial charge on any atom is -0.331 e. The van der Waals surface area contributed by atoms with Crippen molar-refractivity contribution in [2.45, 2.75) is 0 Å². The first-order chi connectivity index (χ1) is 23.0. The number of aryl methyl sites for hydroxylation is 1. The maximum atomic E-state index is 5.37. The monoisotopic (exact) mass is 670 g/mol. The smallest absolute Gasteiger partial charge is 0.331 e. The molecule has 8 nitrogen and oxygen atoms in total. The van der Waals surface area contributed by atoms with Gasteiger partial charge in [0.15, 0.2) is 5.65 Å². The fraction of sp³-hybridized carbons (Fsp3) is 0.0769. The topological polar surface area (TPSA) is 78.4 Å². The first kappa shape index (κ1) is 28.5. The van der Waals surface area contributed by atoms with Crippen LogP contribution in [-0.4, -0.2) is 24.5 Å². The Hall–Kier alpha value is -5.76. The number of hydrogen-bond donors (Lipinski definition) is 0. The van der Waals surface area contributed by atoms with E-state index in [1.165, 1.54) is 0 Å². The molecule has 0 radical (unpaired) electrons. The van der Waals surface area contributed by atoms with Crippen molar-refractivity contribution in [3.8, 4) is 45.6 Å². The van der Waals surface area contributed by atoms with E-state index in [0.29, 0.717) is 11.3 Å². The third kappa shape index (κ3) is 3.89. The van der Waals surface area contributed by atoms with Crippen LogP contribution in [0.1, 0.15) is 0 Å². The minimum atomic E-state index is 0. The van der Waals surface area contributed by atoms with Crippen LogP contribution in [0.4, 0.5) is 0 Å². The Bertz CT molecular complexity index is 2660. The van der Waals surface area contributed by atoms with E-state index < -0.39 is 0 Å². The second-order valence-electron chi connectivity index (χ2n) is 12.2. The third-order valence-electron chi connectivity index (χ3n) is 9.56. The van der Waals surface area contributed by atoms with Crippen molar-refractivity contribution in [3.63, 3.8) is 0 Å². The average molecular weight is 671 g/mol. The quantitative estimate of drug-likeness (QED) is 0.136. The first-order valence-electron chi connectivity index (χ1n) is 15.6. The molecule has 0 saturated carbocycles. The molecule has 2 aliphatic rings. The summed E-state index contributed by atoms with van der Waals surface area (Å²) in [6, 6.07) is 37.7. The summed E-state index contributed by atoms with van der Waals surface area (Å²) in [6.45, 7) is 0. The molecule has 48 heavy (non-hydrogen) atoms. The van der Waals surface area contributed by atoms with Crippen LogP contribution < -0.4 is 14.1 Å². The molecule has 3 aromatic heterocycles. The number of benzene rings is 5. The molecule has 10 rings (SSSR count). The van der Waals surface area contributed by atoms with Gasteiger partial charge in [0.1, 0.15) is 5.82 Å². The molecule has 0 saturated heterocycles. The Kier molecular flexibility index (Phi) is 6.15. The van der Waals surface area contributed by atoms with Crippen LogP contribution in [0.2, 0.25) is 0 Å². The second-order valence-corrected chi connectivity index (χ2v) is 12.2. The van der Waals surface area contributed by atoms with Gasteiger partial charge in [0.05, 0.1) is 30.8 Å². The molecule has 0 atom stereocenters. The fourth-order valence-corrected chi connectivity index (χ4v) is 7.22. The second kappa shape index (κ2) is 10.4. The van der Waals surface area contributed by atoms with E-state index in [1.54, 1.807) is 0 Å². The molecular formula is C39H27CuN8+2. The van der Waals surface area contributed by atoms with Crippen molar-refractivity contribution in [2.24, 2.45) is 21.1 Å². The molecular weight excluding hydrogens is 644 g/mol. The Morgan fingerprint density at radius 3 is 1.25 bits per heavy atom. The molecule has 8 bridgehead atoms. The van der Waals surface area contributed by atoms with Gasteiger partial charge >= 0.3 is 17.1 Å². The van der Waals surface area contributed by atoms with Crippen molar-refractivity contribution in [1.82, 2.24) is 29.5 Å². The predicted molar refractivity (Wildman–Crippen MR) is 184 cm³/mol. The molecule has 5 heterocycles. The number of rotatable bonds is 0. The molecule has 0 unspecified atom stereocenters. The number of nitrogens with zero attached hydrogens (tertiary/aromatic N) is 8. The SMILES string of the molecule is Cn1c2nc3[n+](C)c(nc4[n-]c(nc5[n+](C)c(nc1c1ccccc12)-c1ccccc1-5)c1cc2ccccc2cc41)-c1ccccc1-3.[Cu+]. The van der Waals surface area contributed by atoms with Crippen LogP contribution in [0.3, 0.4) is 0 Å². The first-order valence-corrected chi connectivity index (χ1v) is 15.6. The molecule has 0 spiro atoms. The molecule has 2 aliphatic heterocycles. The summed E-state index contributed by atoms with van der Waals surface area (Å²) in [4.78, 5) is 26.5. The number of hydrogen-bond acceptors (Lipinski definition) is 4. The van der Waals surface area contributed by atoms with E-state index in [2.05, 4.69) is 111 Å². The van der Waals surface area contributed by atoms with Crippen LogP contribution >= 0.6 is 0 Å². The maximum absolute atomic E-state index is 5.37. The van der Waals surface area contributed by atoms with Gasteiger partial charge in [-0.3, -0.25) is 9.13 Å². The average Bonchev–Trinajstić information content (AvgIpc) is 3.75. The third-order valence-corrected chi connectivity index (χ3v) is 9.56. The predicted octanol–water partition coefficient (Wildman–Crippen LogP) is 6.52. The van der Waals surface area contributed by atoms with Gasteiger partial charge in [0.2, 0.25) is 11.3 Å². The van der Waals surface area contributed by atoms with Crippen molar-refractivity contribution < 1.29 is 26.2 Å². The van der Waals surface area contributed by atoms with Gasteiger partial charge in [-0.15, -0.1) is 0 Å². The molecule has 9 heteroatoms. The van der Waals surface area contributed by atoms with E-state index in [9.17, 15) is 0 Å². The van der Waals surface area contributed by atoms with Crippen molar-refractivity contribution in [2.75, 3.05) is 0 Å². The van der Waals surface area contributed by atoms with Crippen molar-refractivity contribution in [1.29, 1.82) is 0 Å². The van der Waals surface area contributed by atoms with E-state index in [-0.39, 0.29) is 17.1 Å². The summed E-state index contributed by atoms with van der Waals surface area (Å²) in [5.41, 5.74) is 6.98. The summed E-state index contributed by atoms with van der Waals surface area (Å²) in [7, 11) is 6.10. The molecule has 232 valence electrons. The van der Waals surface area contributed by atoms with Gasteiger partial charge in [-0.25, -0.2) is 4.57 Å². The molecule has 0 fully saturated rings. The molecule has 8 aromatic rings.